The molecule has 3 unspecified atom stereocenters. The lowest BCUT2D eigenvalue weighted by atomic mass is 9.77. The summed E-state index contributed by atoms with van der Waals surface area (Å²) in [5, 5.41) is 5.90. The number of thiazole rings is 1. The van der Waals surface area contributed by atoms with Crippen molar-refractivity contribution in [2.24, 2.45) is 11.8 Å². The molecule has 2 aromatic heterocycles. The van der Waals surface area contributed by atoms with Gasteiger partial charge in [0.15, 0.2) is 4.96 Å². The van der Waals surface area contributed by atoms with Crippen LogP contribution in [0.2, 0.25) is 0 Å². The quantitative estimate of drug-likeness (QED) is 0.869. The van der Waals surface area contributed by atoms with Crippen LogP contribution in [0.5, 0.6) is 0 Å². The van der Waals surface area contributed by atoms with Crippen LogP contribution in [0.25, 0.3) is 4.96 Å². The van der Waals surface area contributed by atoms with E-state index in [-0.39, 0.29) is 0 Å². The van der Waals surface area contributed by atoms with Gasteiger partial charge in [-0.1, -0.05) is 26.7 Å². The number of rotatable bonds is 6. The van der Waals surface area contributed by atoms with Crippen LogP contribution in [0.3, 0.4) is 0 Å². The van der Waals surface area contributed by atoms with Gasteiger partial charge in [-0.2, -0.15) is 0 Å². The van der Waals surface area contributed by atoms with Gasteiger partial charge in [-0.3, -0.25) is 4.40 Å². The maximum atomic E-state index is 4.78. The van der Waals surface area contributed by atoms with Crippen LogP contribution in [-0.2, 0) is 6.42 Å². The van der Waals surface area contributed by atoms with E-state index in [1.807, 2.05) is 0 Å². The van der Waals surface area contributed by atoms with Crippen molar-refractivity contribution in [3.63, 3.8) is 0 Å². The highest BCUT2D eigenvalue weighted by molar-refractivity contribution is 7.15. The molecule has 2 heterocycles. The monoisotopic (exact) mass is 305 g/mol. The van der Waals surface area contributed by atoms with Crippen molar-refractivity contribution in [2.75, 3.05) is 6.54 Å². The predicted molar refractivity (Wildman–Crippen MR) is 90.0 cm³/mol. The summed E-state index contributed by atoms with van der Waals surface area (Å²) in [7, 11) is 0. The summed E-state index contributed by atoms with van der Waals surface area (Å²) in [5.74, 6) is 1.71. The summed E-state index contributed by atoms with van der Waals surface area (Å²) in [4.78, 5) is 5.90. The molecule has 21 heavy (non-hydrogen) atoms. The van der Waals surface area contributed by atoms with Gasteiger partial charge in [0.25, 0.3) is 0 Å². The highest BCUT2D eigenvalue weighted by Crippen LogP contribution is 2.32. The van der Waals surface area contributed by atoms with Gasteiger partial charge >= 0.3 is 0 Å². The van der Waals surface area contributed by atoms with Gasteiger partial charge in [-0.05, 0) is 37.6 Å². The molecule has 0 radical (unpaired) electrons. The first-order chi connectivity index (χ1) is 10.3. The number of nitrogens with one attached hydrogen (secondary N) is 1. The summed E-state index contributed by atoms with van der Waals surface area (Å²) >= 11 is 1.72. The van der Waals surface area contributed by atoms with Gasteiger partial charge in [0, 0.05) is 30.2 Å². The van der Waals surface area contributed by atoms with Gasteiger partial charge in [0.2, 0.25) is 0 Å². The molecule has 4 heteroatoms. The number of hydrogen-bond acceptors (Lipinski definition) is 3. The third-order valence-corrected chi connectivity index (χ3v) is 5.55. The molecule has 0 spiro atoms. The number of hydrogen-bond donors (Lipinski definition) is 1. The molecule has 1 aliphatic rings. The summed E-state index contributed by atoms with van der Waals surface area (Å²) < 4.78 is 2.15. The molecule has 0 aromatic carbocycles. The molecule has 116 valence electrons. The average Bonchev–Trinajstić information content (AvgIpc) is 3.04. The van der Waals surface area contributed by atoms with Crippen LogP contribution in [0.1, 0.15) is 51.6 Å². The highest BCUT2D eigenvalue weighted by Gasteiger charge is 2.27. The number of imidazole rings is 1. The summed E-state index contributed by atoms with van der Waals surface area (Å²) in [6.45, 7) is 5.79. The van der Waals surface area contributed by atoms with Crippen molar-refractivity contribution in [1.82, 2.24) is 14.7 Å². The fraction of sp³-hybridized carbons (Fsp3) is 0.706. The molecule has 1 saturated carbocycles. The number of aromatic nitrogens is 2. The SMILES string of the molecule is CCCNC(Cc1cn2ccsc2n1)C1CCCC(C)C1. The molecule has 2 aromatic rings. The molecular formula is C17H27N3S. The van der Waals surface area contributed by atoms with E-state index < -0.39 is 0 Å². The standard InChI is InChI=1S/C17H27N3S/c1-3-7-18-16(14-6-4-5-13(2)10-14)11-15-12-20-8-9-21-17(20)19-15/h8-9,12-14,16,18H,3-7,10-11H2,1-2H3. The topological polar surface area (TPSA) is 29.3 Å². The minimum absolute atomic E-state index is 0.595. The second-order valence-corrected chi connectivity index (χ2v) is 7.49. The van der Waals surface area contributed by atoms with Gasteiger partial charge < -0.3 is 5.32 Å². The van der Waals surface area contributed by atoms with Crippen LogP contribution in [-0.4, -0.2) is 22.0 Å². The normalized spacial score (nSPS) is 24.5. The maximum absolute atomic E-state index is 4.78. The number of nitrogens with zero attached hydrogens (tertiary/aromatic N) is 2. The highest BCUT2D eigenvalue weighted by atomic mass is 32.1. The zero-order chi connectivity index (χ0) is 14.7. The lowest BCUT2D eigenvalue weighted by Gasteiger charge is -2.33. The van der Waals surface area contributed by atoms with Crippen molar-refractivity contribution >= 4 is 16.3 Å². The molecule has 3 atom stereocenters. The maximum Gasteiger partial charge on any atom is 0.193 e. The van der Waals surface area contributed by atoms with Crippen LogP contribution in [0, 0.1) is 11.8 Å². The zero-order valence-electron chi connectivity index (χ0n) is 13.2. The van der Waals surface area contributed by atoms with Crippen LogP contribution >= 0.6 is 11.3 Å². The van der Waals surface area contributed by atoms with Gasteiger partial charge in [-0.15, -0.1) is 11.3 Å². The van der Waals surface area contributed by atoms with Gasteiger partial charge in [0.1, 0.15) is 0 Å². The van der Waals surface area contributed by atoms with Crippen molar-refractivity contribution in [3.8, 4) is 0 Å². The Morgan fingerprint density at radius 2 is 2.38 bits per heavy atom. The van der Waals surface area contributed by atoms with Crippen LogP contribution in [0.15, 0.2) is 17.8 Å². The van der Waals surface area contributed by atoms with E-state index in [4.69, 9.17) is 4.98 Å². The lowest BCUT2D eigenvalue weighted by Crippen LogP contribution is -2.40. The second kappa shape index (κ2) is 6.93. The Kier molecular flexibility index (Phi) is 4.96. The molecule has 3 nitrogen and oxygen atoms in total. The summed E-state index contributed by atoms with van der Waals surface area (Å²) in [6, 6.07) is 0.595. The van der Waals surface area contributed by atoms with Crippen molar-refractivity contribution in [3.05, 3.63) is 23.5 Å². The summed E-state index contributed by atoms with van der Waals surface area (Å²) in [5.41, 5.74) is 1.24. The Bertz CT molecular complexity index is 531. The van der Waals surface area contributed by atoms with Crippen molar-refractivity contribution in [2.45, 2.75) is 58.4 Å². The Labute approximate surface area is 131 Å². The molecule has 0 bridgehead atoms. The van der Waals surface area contributed by atoms with Crippen LogP contribution < -0.4 is 5.32 Å². The van der Waals surface area contributed by atoms with E-state index >= 15 is 0 Å². The molecular weight excluding hydrogens is 278 g/mol. The Balaban J connectivity index is 1.70. The Morgan fingerprint density at radius 1 is 1.48 bits per heavy atom. The third kappa shape index (κ3) is 3.67. The van der Waals surface area contributed by atoms with E-state index in [0.717, 1.165) is 29.8 Å². The first-order valence-corrected chi connectivity index (χ1v) is 9.28. The second-order valence-electron chi connectivity index (χ2n) is 6.62. The molecule has 1 fully saturated rings. The Morgan fingerprint density at radius 3 is 3.14 bits per heavy atom. The summed E-state index contributed by atoms with van der Waals surface area (Å²) in [6.07, 6.45) is 12.2. The molecule has 0 amide bonds. The van der Waals surface area contributed by atoms with Crippen molar-refractivity contribution in [1.29, 1.82) is 0 Å². The number of fused-ring (bicyclic) bond motifs is 1. The van der Waals surface area contributed by atoms with Crippen LogP contribution in [0.4, 0.5) is 0 Å². The zero-order valence-corrected chi connectivity index (χ0v) is 14.0. The first-order valence-electron chi connectivity index (χ1n) is 8.40. The molecule has 0 saturated heterocycles. The van der Waals surface area contributed by atoms with E-state index in [2.05, 4.69) is 41.3 Å². The Hall–Kier alpha value is -0.870. The third-order valence-electron chi connectivity index (χ3n) is 4.77. The average molecular weight is 305 g/mol. The fourth-order valence-corrected chi connectivity index (χ4v) is 4.40. The molecule has 0 aliphatic heterocycles. The van der Waals surface area contributed by atoms with Gasteiger partial charge in [-0.25, -0.2) is 4.98 Å². The minimum Gasteiger partial charge on any atom is -0.313 e. The van der Waals surface area contributed by atoms with E-state index in [1.165, 1.54) is 37.8 Å². The fourth-order valence-electron chi connectivity index (χ4n) is 3.68. The first kappa shape index (κ1) is 15.0. The minimum atomic E-state index is 0.595. The molecule has 1 aliphatic carbocycles. The van der Waals surface area contributed by atoms with E-state index in [1.54, 1.807) is 11.3 Å². The largest absolute Gasteiger partial charge is 0.313 e. The van der Waals surface area contributed by atoms with Gasteiger partial charge in [0.05, 0.1) is 5.69 Å². The van der Waals surface area contributed by atoms with E-state index in [0.29, 0.717) is 6.04 Å². The van der Waals surface area contributed by atoms with E-state index in [9.17, 15) is 0 Å². The predicted octanol–water partition coefficient (Wildman–Crippen LogP) is 4.13. The van der Waals surface area contributed by atoms with Crippen molar-refractivity contribution < 1.29 is 0 Å². The smallest absolute Gasteiger partial charge is 0.193 e. The molecule has 1 N–H and O–H groups in total. The molecule has 3 rings (SSSR count). The lowest BCUT2D eigenvalue weighted by molar-refractivity contribution is 0.220.